The molecule has 2 aromatic rings. The molecule has 128 valence electrons. The number of hydrogen-bond donors (Lipinski definition) is 3. The Kier molecular flexibility index (Phi) is 5.08. The van der Waals surface area contributed by atoms with Crippen LogP contribution in [0.1, 0.15) is 35.7 Å². The van der Waals surface area contributed by atoms with Crippen LogP contribution in [0.2, 0.25) is 0 Å². The summed E-state index contributed by atoms with van der Waals surface area (Å²) >= 11 is 0. The van der Waals surface area contributed by atoms with Gasteiger partial charge in [-0.3, -0.25) is 0 Å². The third kappa shape index (κ3) is 3.48. The van der Waals surface area contributed by atoms with Crippen molar-refractivity contribution >= 4 is 17.7 Å². The molecule has 0 aliphatic heterocycles. The van der Waals surface area contributed by atoms with Crippen molar-refractivity contribution in [2.75, 3.05) is 25.2 Å². The van der Waals surface area contributed by atoms with Crippen LogP contribution in [-0.2, 0) is 0 Å². The molecule has 2 rings (SSSR count). The molecule has 0 amide bonds. The molecule has 0 aliphatic carbocycles. The fourth-order valence-electron chi connectivity index (χ4n) is 2.21. The van der Waals surface area contributed by atoms with Gasteiger partial charge in [0.15, 0.2) is 11.6 Å². The van der Waals surface area contributed by atoms with Gasteiger partial charge in [-0.25, -0.2) is 9.78 Å². The molecule has 1 aromatic heterocycles. The van der Waals surface area contributed by atoms with Gasteiger partial charge in [0.05, 0.1) is 13.3 Å². The summed E-state index contributed by atoms with van der Waals surface area (Å²) in [5.41, 5.74) is 6.38. The van der Waals surface area contributed by atoms with Crippen molar-refractivity contribution in [3.05, 3.63) is 29.5 Å². The Hall–Kier alpha value is -3.03. The lowest BCUT2D eigenvalue weighted by Gasteiger charge is -2.18. The third-order valence-corrected chi connectivity index (χ3v) is 3.41. The Labute approximate surface area is 139 Å². The number of nitrogens with two attached hydrogens (primary N) is 1. The number of ether oxygens (including phenoxy) is 2. The Morgan fingerprint density at radius 1 is 1.29 bits per heavy atom. The lowest BCUT2D eigenvalue weighted by molar-refractivity contribution is 0.0693. The van der Waals surface area contributed by atoms with Crippen LogP contribution in [0.3, 0.4) is 0 Å². The number of nitrogens with one attached hydrogen (secondary N) is 1. The van der Waals surface area contributed by atoms with Crippen molar-refractivity contribution in [1.82, 2.24) is 9.97 Å². The van der Waals surface area contributed by atoms with Crippen molar-refractivity contribution in [2.45, 2.75) is 19.8 Å². The molecule has 0 radical (unpaired) electrons. The smallest absolute Gasteiger partial charge is 0.339 e. The van der Waals surface area contributed by atoms with E-state index in [1.54, 1.807) is 13.1 Å². The minimum atomic E-state index is -1.10. The van der Waals surface area contributed by atoms with Crippen LogP contribution in [0.5, 0.6) is 17.2 Å². The van der Waals surface area contributed by atoms with Gasteiger partial charge < -0.3 is 25.6 Å². The molecule has 0 fully saturated rings. The predicted octanol–water partition coefficient (Wildman–Crippen LogP) is 2.72. The molecule has 0 saturated carbocycles. The van der Waals surface area contributed by atoms with Gasteiger partial charge in [-0.05, 0) is 18.1 Å². The van der Waals surface area contributed by atoms with Gasteiger partial charge in [0.1, 0.15) is 17.1 Å². The number of anilines is 2. The van der Waals surface area contributed by atoms with Crippen LogP contribution in [0, 0.1) is 0 Å². The summed E-state index contributed by atoms with van der Waals surface area (Å²) in [6.07, 6.45) is 1.43. The van der Waals surface area contributed by atoms with Crippen LogP contribution >= 0.6 is 0 Å². The topological polar surface area (TPSA) is 120 Å². The van der Waals surface area contributed by atoms with Gasteiger partial charge >= 0.3 is 5.97 Å². The quantitative estimate of drug-likeness (QED) is 0.738. The van der Waals surface area contributed by atoms with Crippen molar-refractivity contribution < 1.29 is 19.4 Å². The van der Waals surface area contributed by atoms with Crippen molar-refractivity contribution in [2.24, 2.45) is 0 Å². The van der Waals surface area contributed by atoms with Crippen LogP contribution in [0.15, 0.2) is 18.3 Å². The highest BCUT2D eigenvalue weighted by Gasteiger charge is 2.20. The number of hydrogen-bond acceptors (Lipinski definition) is 7. The monoisotopic (exact) mass is 332 g/mol. The second-order valence-corrected chi connectivity index (χ2v) is 5.34. The minimum Gasteiger partial charge on any atom is -0.496 e. The summed E-state index contributed by atoms with van der Waals surface area (Å²) in [7, 11) is 3.11. The number of carbonyl (C=O) groups is 1. The standard InChI is InChI=1S/C16H20N4O4/c1-8(2)9-5-11(23-4)10(15(21)22)6-12(9)24-13-7-19-16(17)20-14(13)18-3/h5-8H,1-4H3,(H,21,22)(H3,17,18,19,20). The average molecular weight is 332 g/mol. The number of aromatic nitrogens is 2. The Morgan fingerprint density at radius 2 is 2.00 bits per heavy atom. The molecule has 0 unspecified atom stereocenters. The number of methoxy groups -OCH3 is 1. The SMILES string of the molecule is CNc1nc(N)ncc1Oc1cc(C(=O)O)c(OC)cc1C(C)C. The number of rotatable bonds is 6. The lowest BCUT2D eigenvalue weighted by Crippen LogP contribution is -2.06. The zero-order valence-electron chi connectivity index (χ0n) is 14.0. The summed E-state index contributed by atoms with van der Waals surface area (Å²) in [6.45, 7) is 3.95. The molecule has 8 heteroatoms. The fourth-order valence-corrected chi connectivity index (χ4v) is 2.21. The first kappa shape index (κ1) is 17.3. The van der Waals surface area contributed by atoms with E-state index in [0.29, 0.717) is 17.3 Å². The zero-order valence-corrected chi connectivity index (χ0v) is 14.0. The van der Waals surface area contributed by atoms with Crippen LogP contribution in [0.4, 0.5) is 11.8 Å². The fraction of sp³-hybridized carbons (Fsp3) is 0.312. The number of carboxylic acids is 1. The summed E-state index contributed by atoms with van der Waals surface area (Å²) in [5, 5.41) is 12.2. The molecule has 1 aromatic carbocycles. The lowest BCUT2D eigenvalue weighted by atomic mass is 9.99. The molecule has 24 heavy (non-hydrogen) atoms. The highest BCUT2D eigenvalue weighted by atomic mass is 16.5. The van der Waals surface area contributed by atoms with Gasteiger partial charge in [-0.2, -0.15) is 4.98 Å². The molecule has 8 nitrogen and oxygen atoms in total. The van der Waals surface area contributed by atoms with Gasteiger partial charge in [0.2, 0.25) is 5.95 Å². The maximum absolute atomic E-state index is 11.4. The molecule has 1 heterocycles. The van der Waals surface area contributed by atoms with Gasteiger partial charge in [-0.15, -0.1) is 0 Å². The van der Waals surface area contributed by atoms with E-state index in [0.717, 1.165) is 5.56 Å². The van der Waals surface area contributed by atoms with E-state index >= 15 is 0 Å². The maximum atomic E-state index is 11.4. The Balaban J connectivity index is 2.56. The second-order valence-electron chi connectivity index (χ2n) is 5.34. The molecule has 0 bridgehead atoms. The van der Waals surface area contributed by atoms with Gasteiger partial charge in [-0.1, -0.05) is 13.8 Å². The number of aromatic carboxylic acids is 1. The van der Waals surface area contributed by atoms with Crippen molar-refractivity contribution in [1.29, 1.82) is 0 Å². The number of carboxylic acid groups (broad SMARTS) is 1. The second kappa shape index (κ2) is 7.03. The number of nitrogens with zero attached hydrogens (tertiary/aromatic N) is 2. The van der Waals surface area contributed by atoms with Crippen molar-refractivity contribution in [3.63, 3.8) is 0 Å². The van der Waals surface area contributed by atoms with Gasteiger partial charge in [0, 0.05) is 12.6 Å². The summed E-state index contributed by atoms with van der Waals surface area (Å²) in [6, 6.07) is 3.10. The highest BCUT2D eigenvalue weighted by molar-refractivity contribution is 5.91. The van der Waals surface area contributed by atoms with Crippen LogP contribution in [-0.4, -0.2) is 35.2 Å². The molecular formula is C16H20N4O4. The molecule has 0 spiro atoms. The molecule has 0 aliphatic rings. The number of benzene rings is 1. The average Bonchev–Trinajstić information content (AvgIpc) is 2.55. The Bertz CT molecular complexity index is 762. The molecular weight excluding hydrogens is 312 g/mol. The van der Waals surface area contributed by atoms with E-state index in [1.165, 1.54) is 19.4 Å². The van der Waals surface area contributed by atoms with E-state index < -0.39 is 5.97 Å². The summed E-state index contributed by atoms with van der Waals surface area (Å²) in [5.74, 6) is 0.518. The van der Waals surface area contributed by atoms with E-state index in [1.807, 2.05) is 13.8 Å². The van der Waals surface area contributed by atoms with E-state index in [4.69, 9.17) is 15.2 Å². The predicted molar refractivity (Wildman–Crippen MR) is 90.1 cm³/mol. The molecule has 4 N–H and O–H groups in total. The largest absolute Gasteiger partial charge is 0.496 e. The first-order valence-electron chi connectivity index (χ1n) is 7.30. The number of nitrogen functional groups attached to an aromatic ring is 1. The highest BCUT2D eigenvalue weighted by Crippen LogP contribution is 2.37. The summed E-state index contributed by atoms with van der Waals surface area (Å²) in [4.78, 5) is 19.4. The minimum absolute atomic E-state index is 0.0132. The maximum Gasteiger partial charge on any atom is 0.339 e. The normalized spacial score (nSPS) is 10.5. The van der Waals surface area contributed by atoms with E-state index in [2.05, 4.69) is 15.3 Å². The molecule has 0 saturated heterocycles. The third-order valence-electron chi connectivity index (χ3n) is 3.41. The van der Waals surface area contributed by atoms with E-state index in [-0.39, 0.29) is 23.2 Å². The first-order valence-corrected chi connectivity index (χ1v) is 7.30. The van der Waals surface area contributed by atoms with Crippen LogP contribution in [0.25, 0.3) is 0 Å². The van der Waals surface area contributed by atoms with Gasteiger partial charge in [0.25, 0.3) is 0 Å². The summed E-state index contributed by atoms with van der Waals surface area (Å²) < 4.78 is 11.0. The zero-order chi connectivity index (χ0) is 17.9. The Morgan fingerprint density at radius 3 is 2.54 bits per heavy atom. The first-order chi connectivity index (χ1) is 11.4. The van der Waals surface area contributed by atoms with E-state index in [9.17, 15) is 9.90 Å². The molecule has 0 atom stereocenters. The van der Waals surface area contributed by atoms with Crippen LogP contribution < -0.4 is 20.5 Å². The van der Waals surface area contributed by atoms with Crippen molar-refractivity contribution in [3.8, 4) is 17.2 Å².